The van der Waals surface area contributed by atoms with Crippen molar-refractivity contribution in [1.29, 1.82) is 0 Å². The van der Waals surface area contributed by atoms with Crippen LogP contribution in [0.5, 0.6) is 0 Å². The molecule has 0 bridgehead atoms. The summed E-state index contributed by atoms with van der Waals surface area (Å²) in [5.41, 5.74) is 2.88. The summed E-state index contributed by atoms with van der Waals surface area (Å²) in [5.74, 6) is -0.171. The average Bonchev–Trinajstić information content (AvgIpc) is 3.16. The second kappa shape index (κ2) is 7.88. The number of ether oxygens (including phenoxy) is 1. The van der Waals surface area contributed by atoms with Crippen LogP contribution in [-0.4, -0.2) is 18.9 Å². The molecule has 0 amide bonds. The summed E-state index contributed by atoms with van der Waals surface area (Å²) >= 11 is 12.5. The van der Waals surface area contributed by atoms with Crippen molar-refractivity contribution in [3.8, 4) is 11.3 Å². The van der Waals surface area contributed by atoms with Crippen LogP contribution in [0.25, 0.3) is 11.3 Å². The minimum Gasteiger partial charge on any atom is -0.466 e. The number of furan rings is 1. The molecule has 2 aromatic rings. The van der Waals surface area contributed by atoms with E-state index in [2.05, 4.69) is 19.2 Å². The molecule has 5 nitrogen and oxygen atoms in total. The van der Waals surface area contributed by atoms with Gasteiger partial charge in [0.25, 0.3) is 0 Å². The van der Waals surface area contributed by atoms with E-state index in [1.165, 1.54) is 7.11 Å². The van der Waals surface area contributed by atoms with E-state index in [1.807, 2.05) is 6.92 Å². The normalized spacial score (nSPS) is 20.5. The van der Waals surface area contributed by atoms with Crippen LogP contribution < -0.4 is 5.32 Å². The van der Waals surface area contributed by atoms with Crippen molar-refractivity contribution in [3.63, 3.8) is 0 Å². The predicted molar refractivity (Wildman–Crippen MR) is 120 cm³/mol. The van der Waals surface area contributed by atoms with E-state index in [-0.39, 0.29) is 11.2 Å². The number of halogens is 2. The van der Waals surface area contributed by atoms with Crippen molar-refractivity contribution in [1.82, 2.24) is 5.32 Å². The topological polar surface area (TPSA) is 68.5 Å². The maximum atomic E-state index is 13.2. The molecule has 2 heterocycles. The fraction of sp³-hybridized carbons (Fsp3) is 0.333. The number of esters is 1. The standard InChI is InChI=1S/C24H23Cl2NO4/c1-12-20(23(29)30-4)22(21-16(27-12)10-24(2,3)11-17(21)28)19-8-7-18(31-19)14-9-13(25)5-6-15(14)26/h5-9,22,27H,10-11H2,1-4H3/t22-/m1/s1. The third kappa shape index (κ3) is 3.92. The molecule has 1 aliphatic carbocycles. The first-order valence-corrected chi connectivity index (χ1v) is 10.7. The Hall–Kier alpha value is -2.50. The van der Waals surface area contributed by atoms with Gasteiger partial charge in [0.1, 0.15) is 11.5 Å². The number of hydrogen-bond donors (Lipinski definition) is 1. The van der Waals surface area contributed by atoms with Gasteiger partial charge in [-0.2, -0.15) is 0 Å². The van der Waals surface area contributed by atoms with Gasteiger partial charge in [-0.25, -0.2) is 4.79 Å². The predicted octanol–water partition coefficient (Wildman–Crippen LogP) is 6.03. The van der Waals surface area contributed by atoms with Crippen LogP contribution in [0.1, 0.15) is 45.3 Å². The molecule has 7 heteroatoms. The highest BCUT2D eigenvalue weighted by Gasteiger charge is 2.44. The number of carbonyl (C=O) groups is 2. The first kappa shape index (κ1) is 21.7. The van der Waals surface area contributed by atoms with Crippen molar-refractivity contribution in [2.24, 2.45) is 5.41 Å². The Morgan fingerprint density at radius 1 is 1.19 bits per heavy atom. The minimum absolute atomic E-state index is 0.00334. The van der Waals surface area contributed by atoms with Gasteiger partial charge < -0.3 is 14.5 Å². The highest BCUT2D eigenvalue weighted by Crippen LogP contribution is 2.47. The van der Waals surface area contributed by atoms with E-state index < -0.39 is 11.9 Å². The van der Waals surface area contributed by atoms with E-state index >= 15 is 0 Å². The lowest BCUT2D eigenvalue weighted by atomic mass is 9.69. The van der Waals surface area contributed by atoms with Crippen LogP contribution in [-0.2, 0) is 14.3 Å². The molecule has 31 heavy (non-hydrogen) atoms. The second-order valence-corrected chi connectivity index (χ2v) is 9.59. The maximum absolute atomic E-state index is 13.2. The van der Waals surface area contributed by atoms with Crippen molar-refractivity contribution < 1.29 is 18.7 Å². The zero-order valence-corrected chi connectivity index (χ0v) is 19.3. The first-order chi connectivity index (χ1) is 14.6. The summed E-state index contributed by atoms with van der Waals surface area (Å²) < 4.78 is 11.2. The Kier molecular flexibility index (Phi) is 5.52. The maximum Gasteiger partial charge on any atom is 0.336 e. The molecule has 2 aliphatic rings. The van der Waals surface area contributed by atoms with E-state index in [4.69, 9.17) is 32.4 Å². The van der Waals surface area contributed by atoms with E-state index in [1.54, 1.807) is 30.3 Å². The Morgan fingerprint density at radius 3 is 2.65 bits per heavy atom. The molecule has 0 fully saturated rings. The summed E-state index contributed by atoms with van der Waals surface area (Å²) in [6, 6.07) is 8.66. The molecule has 4 rings (SSSR count). The SMILES string of the molecule is COC(=O)C1=C(C)NC2=C(C(=O)CC(C)(C)C2)[C@@H]1c1ccc(-c2cc(Cl)ccc2Cl)o1. The largest absolute Gasteiger partial charge is 0.466 e. The Labute approximate surface area is 191 Å². The lowest BCUT2D eigenvalue weighted by Gasteiger charge is -2.38. The molecule has 0 saturated carbocycles. The van der Waals surface area contributed by atoms with Crippen LogP contribution in [0, 0.1) is 5.41 Å². The molecule has 0 unspecified atom stereocenters. The number of hydrogen-bond acceptors (Lipinski definition) is 5. The van der Waals surface area contributed by atoms with Gasteiger partial charge in [-0.05, 0) is 49.1 Å². The number of rotatable bonds is 3. The van der Waals surface area contributed by atoms with Gasteiger partial charge in [0, 0.05) is 34.0 Å². The summed E-state index contributed by atoms with van der Waals surface area (Å²) in [4.78, 5) is 25.9. The molecule has 162 valence electrons. The number of methoxy groups -OCH3 is 1. The number of Topliss-reactive ketones (excluding diaryl/α,β-unsaturated/α-hetero) is 1. The second-order valence-electron chi connectivity index (χ2n) is 8.75. The van der Waals surface area contributed by atoms with Crippen LogP contribution in [0.15, 0.2) is 57.3 Å². The number of benzene rings is 1. The van der Waals surface area contributed by atoms with Gasteiger partial charge >= 0.3 is 5.97 Å². The minimum atomic E-state index is -0.654. The Morgan fingerprint density at radius 2 is 1.94 bits per heavy atom. The summed E-state index contributed by atoms with van der Waals surface area (Å²) in [5, 5.41) is 4.30. The zero-order chi connectivity index (χ0) is 22.5. The molecular formula is C24H23Cl2NO4. The molecule has 0 radical (unpaired) electrons. The van der Waals surface area contributed by atoms with Crippen LogP contribution in [0.3, 0.4) is 0 Å². The molecule has 0 saturated heterocycles. The molecule has 1 N–H and O–H groups in total. The van der Waals surface area contributed by atoms with E-state index in [9.17, 15) is 9.59 Å². The lowest BCUT2D eigenvalue weighted by molar-refractivity contribution is -0.136. The fourth-order valence-corrected chi connectivity index (χ4v) is 4.82. The quantitative estimate of drug-likeness (QED) is 0.567. The number of allylic oxidation sites excluding steroid dienone is 3. The number of ketones is 1. The molecule has 0 spiro atoms. The number of nitrogens with one attached hydrogen (secondary N) is 1. The van der Waals surface area contributed by atoms with Crippen molar-refractivity contribution in [3.05, 3.63) is 68.7 Å². The number of dihydropyridines is 1. The average molecular weight is 460 g/mol. The van der Waals surface area contributed by atoms with Crippen LogP contribution in [0.2, 0.25) is 10.0 Å². The van der Waals surface area contributed by atoms with Gasteiger partial charge in [0.05, 0.1) is 23.6 Å². The third-order valence-corrected chi connectivity index (χ3v) is 6.31. The summed E-state index contributed by atoms with van der Waals surface area (Å²) in [6.07, 6.45) is 1.09. The van der Waals surface area contributed by atoms with Crippen LogP contribution >= 0.6 is 23.2 Å². The Bertz CT molecular complexity index is 1160. The monoisotopic (exact) mass is 459 g/mol. The van der Waals surface area contributed by atoms with Crippen molar-refractivity contribution in [2.45, 2.75) is 39.5 Å². The zero-order valence-electron chi connectivity index (χ0n) is 17.8. The fourth-order valence-electron chi connectivity index (χ4n) is 4.44. The molecule has 1 aliphatic heterocycles. The molecule has 1 aromatic carbocycles. The summed E-state index contributed by atoms with van der Waals surface area (Å²) in [6.45, 7) is 5.94. The number of carbonyl (C=O) groups excluding carboxylic acids is 2. The highest BCUT2D eigenvalue weighted by molar-refractivity contribution is 6.35. The van der Waals surface area contributed by atoms with Crippen molar-refractivity contribution in [2.75, 3.05) is 7.11 Å². The van der Waals surface area contributed by atoms with E-state index in [0.29, 0.717) is 56.8 Å². The van der Waals surface area contributed by atoms with Gasteiger partial charge in [-0.1, -0.05) is 37.0 Å². The lowest BCUT2D eigenvalue weighted by Crippen LogP contribution is -2.38. The van der Waals surface area contributed by atoms with Gasteiger partial charge in [-0.3, -0.25) is 4.79 Å². The smallest absolute Gasteiger partial charge is 0.336 e. The first-order valence-electron chi connectivity index (χ1n) is 9.99. The van der Waals surface area contributed by atoms with Crippen molar-refractivity contribution >= 4 is 35.0 Å². The summed E-state index contributed by atoms with van der Waals surface area (Å²) in [7, 11) is 1.33. The third-order valence-electron chi connectivity index (χ3n) is 5.75. The Balaban J connectivity index is 1.87. The van der Waals surface area contributed by atoms with Gasteiger partial charge in [0.15, 0.2) is 5.78 Å². The van der Waals surface area contributed by atoms with E-state index in [0.717, 1.165) is 5.70 Å². The molecule has 1 aromatic heterocycles. The molecular weight excluding hydrogens is 437 g/mol. The molecule has 1 atom stereocenters. The van der Waals surface area contributed by atoms with Gasteiger partial charge in [0.2, 0.25) is 0 Å². The van der Waals surface area contributed by atoms with Crippen LogP contribution in [0.4, 0.5) is 0 Å². The highest BCUT2D eigenvalue weighted by atomic mass is 35.5. The van der Waals surface area contributed by atoms with Gasteiger partial charge in [-0.15, -0.1) is 0 Å².